The van der Waals surface area contributed by atoms with Crippen LogP contribution in [0.15, 0.2) is 279 Å². The molecule has 13 aromatic carbocycles. The van der Waals surface area contributed by atoms with Gasteiger partial charge in [-0.05, 0) is 205 Å². The van der Waals surface area contributed by atoms with Gasteiger partial charge in [0.25, 0.3) is 0 Å². The molecule has 0 unspecified atom stereocenters. The van der Waals surface area contributed by atoms with Crippen LogP contribution in [0.1, 0.15) is 192 Å². The summed E-state index contributed by atoms with van der Waals surface area (Å²) in [7, 11) is 0. The molecule has 107 heavy (non-hydrogen) atoms. The van der Waals surface area contributed by atoms with E-state index in [2.05, 4.69) is 418 Å². The molecule has 0 radical (unpaired) electrons. The van der Waals surface area contributed by atoms with E-state index in [0.29, 0.717) is 0 Å². The summed E-state index contributed by atoms with van der Waals surface area (Å²) in [6, 6.07) is 109. The van der Waals surface area contributed by atoms with Crippen LogP contribution in [0.5, 0.6) is 0 Å². The van der Waals surface area contributed by atoms with Gasteiger partial charge in [0, 0.05) is 28.2 Å². The minimum atomic E-state index is -0.208. The van der Waals surface area contributed by atoms with Crippen molar-refractivity contribution in [3.63, 3.8) is 0 Å². The van der Waals surface area contributed by atoms with Crippen molar-refractivity contribution in [3.8, 4) is 66.8 Å². The third-order valence-electron chi connectivity index (χ3n) is 22.9. The van der Waals surface area contributed by atoms with E-state index in [1.807, 2.05) is 0 Å². The zero-order valence-corrected chi connectivity index (χ0v) is 66.2. The number of benzene rings is 13. The monoisotopic (exact) mass is 1390 g/mol. The fourth-order valence-electron chi connectivity index (χ4n) is 16.6. The average molecular weight is 1390 g/mol. The molecule has 2 aliphatic heterocycles. The van der Waals surface area contributed by atoms with Gasteiger partial charge in [-0.15, -0.1) is 0 Å². The highest BCUT2D eigenvalue weighted by Gasteiger charge is 2.45. The van der Waals surface area contributed by atoms with Crippen LogP contribution >= 0.6 is 0 Å². The number of rotatable bonds is 9. The minimum absolute atomic E-state index is 0.110. The molecule has 3 heteroatoms. The first-order valence-corrected chi connectivity index (χ1v) is 38.8. The molecular formula is C104H103N3. The lowest BCUT2D eigenvalue weighted by Crippen LogP contribution is -2.32. The second kappa shape index (κ2) is 26.0. The maximum Gasteiger partial charge on any atom is 0.0948 e. The molecule has 0 saturated heterocycles. The van der Waals surface area contributed by atoms with E-state index in [9.17, 15) is 0 Å². The van der Waals surface area contributed by atoms with Crippen LogP contribution in [0.4, 0.5) is 51.2 Å². The highest BCUT2D eigenvalue weighted by molar-refractivity contribution is 6.17. The average Bonchev–Trinajstić information content (AvgIpc) is 0.684. The van der Waals surface area contributed by atoms with Crippen molar-refractivity contribution < 1.29 is 0 Å². The predicted molar refractivity (Wildman–Crippen MR) is 459 cm³/mol. The molecule has 0 amide bonds. The number of fused-ring (bicyclic) bond motifs is 6. The Morgan fingerprint density at radius 3 is 0.785 bits per heavy atom. The molecule has 0 atom stereocenters. The van der Waals surface area contributed by atoms with Gasteiger partial charge in [-0.1, -0.05) is 343 Å². The van der Waals surface area contributed by atoms with Crippen molar-refractivity contribution in [3.05, 3.63) is 340 Å². The summed E-state index contributed by atoms with van der Waals surface area (Å²) in [6.45, 7) is 42.5. The van der Waals surface area contributed by atoms with E-state index < -0.39 is 0 Å². The molecule has 13 aromatic rings. The Bertz CT molecular complexity index is 5070. The largest absolute Gasteiger partial charge is 0.305 e. The molecule has 2 heterocycles. The zero-order valence-electron chi connectivity index (χ0n) is 66.2. The number of hydrogen-bond donors (Lipinski definition) is 0. The fourth-order valence-corrected chi connectivity index (χ4v) is 16.6. The summed E-state index contributed by atoms with van der Waals surface area (Å²) in [5.74, 6) is -0.141. The van der Waals surface area contributed by atoms with Gasteiger partial charge in [-0.2, -0.15) is 0 Å². The predicted octanol–water partition coefficient (Wildman–Crippen LogP) is 29.6. The van der Waals surface area contributed by atoms with Crippen molar-refractivity contribution in [2.75, 3.05) is 14.7 Å². The topological polar surface area (TPSA) is 9.72 Å². The van der Waals surface area contributed by atoms with Gasteiger partial charge in [0.05, 0.1) is 51.2 Å². The molecule has 0 spiro atoms. The second-order valence-corrected chi connectivity index (χ2v) is 36.7. The number of anilines is 9. The fraction of sp³-hybridized carbons (Fsp3) is 0.250. The van der Waals surface area contributed by atoms with Gasteiger partial charge >= 0.3 is 0 Å². The summed E-state index contributed by atoms with van der Waals surface area (Å²) in [6.07, 6.45) is 0.863. The van der Waals surface area contributed by atoms with Crippen molar-refractivity contribution in [1.82, 2.24) is 0 Å². The van der Waals surface area contributed by atoms with Gasteiger partial charge in [-0.3, -0.25) is 0 Å². The van der Waals surface area contributed by atoms with Crippen LogP contribution in [-0.2, 0) is 38.9 Å². The van der Waals surface area contributed by atoms with Crippen LogP contribution in [0.3, 0.4) is 0 Å². The van der Waals surface area contributed by atoms with Gasteiger partial charge < -0.3 is 14.7 Å². The molecule has 3 nitrogen and oxygen atoms in total. The Hall–Kier alpha value is -10.7. The van der Waals surface area contributed by atoms with Crippen molar-refractivity contribution >= 4 is 51.2 Å². The number of nitrogens with zero attached hydrogens (tertiary/aromatic N) is 3. The molecular weight excluding hydrogens is 1290 g/mol. The van der Waals surface area contributed by atoms with Gasteiger partial charge in [-0.25, -0.2) is 0 Å². The normalized spacial score (nSPS) is 13.8. The third kappa shape index (κ3) is 12.9. The van der Waals surface area contributed by atoms with E-state index >= 15 is 0 Å². The Kier molecular flexibility index (Phi) is 17.2. The molecule has 1 aliphatic carbocycles. The van der Waals surface area contributed by atoms with Crippen molar-refractivity contribution in [2.45, 2.75) is 169 Å². The molecule has 0 aromatic heterocycles. The highest BCUT2D eigenvalue weighted by atomic mass is 15.3. The van der Waals surface area contributed by atoms with Crippen LogP contribution in [0, 0.1) is 0 Å². The van der Waals surface area contributed by atoms with Crippen LogP contribution < -0.4 is 14.7 Å². The lowest BCUT2D eigenvalue weighted by Gasteiger charge is -2.49. The van der Waals surface area contributed by atoms with E-state index in [-0.39, 0.29) is 38.4 Å². The summed E-state index contributed by atoms with van der Waals surface area (Å²) in [4.78, 5) is 8.18. The van der Waals surface area contributed by atoms with Gasteiger partial charge in [0.2, 0.25) is 0 Å². The van der Waals surface area contributed by atoms with Crippen molar-refractivity contribution in [1.29, 1.82) is 0 Å². The first-order chi connectivity index (χ1) is 50.8. The zero-order chi connectivity index (χ0) is 75.0. The van der Waals surface area contributed by atoms with Crippen LogP contribution in [-0.4, -0.2) is 0 Å². The standard InChI is InChI=1S/C104H103N3/c1-99(2,3)77-52-74(53-78(60-77)100(4,5)6)70-47-49-89-91(56-70)106(96-85(66-35-23-19-24-36-66)62-81(103(13,14)15)63-86(96)67-37-25-20-26-38-67)93-58-76(95-83-45-33-31-43-72(83)51-73-44-32-34-46-84(73)95)59-94-98(93)105(89)90-50-48-71(75-54-79(101(7,8)9)61-80(55-75)102(10,11)12)57-92(90)107(94)97-87(68-39-27-21-28-40-68)64-82(104(16,17)18)65-88(97)69-41-29-22-30-42-69/h19-50,52-65,95H,51H2,1-18H3. The molecule has 16 rings (SSSR count). The first-order valence-electron chi connectivity index (χ1n) is 38.8. The van der Waals surface area contributed by atoms with Gasteiger partial charge in [0.15, 0.2) is 0 Å². The minimum Gasteiger partial charge on any atom is -0.305 e. The highest BCUT2D eigenvalue weighted by Crippen LogP contribution is 2.68. The second-order valence-electron chi connectivity index (χ2n) is 36.7. The van der Waals surface area contributed by atoms with E-state index in [1.54, 1.807) is 0 Å². The van der Waals surface area contributed by atoms with Crippen LogP contribution in [0.25, 0.3) is 66.8 Å². The SMILES string of the molecule is CC(C)(C)c1cc(-c2ccc3c(c2)N(c2c(-c4ccccc4)cc(C(C)(C)C)cc2-c2ccccc2)c2cc(C4c5ccccc5Cc5ccccc54)cc4c2N3c2ccc(-c3cc(C(C)(C)C)cc(C(C)(C)C)c3)cc2N4c2c(-c3ccccc3)cc(C(C)(C)C)cc2-c2ccccc2)cc(C(C)(C)C)c1. The molecule has 0 fully saturated rings. The maximum absolute atomic E-state index is 2.75. The molecule has 0 bridgehead atoms. The summed E-state index contributed by atoms with van der Waals surface area (Å²) < 4.78 is 0. The molecule has 3 aliphatic rings. The Morgan fingerprint density at radius 2 is 0.486 bits per heavy atom. The van der Waals surface area contributed by atoms with E-state index in [4.69, 9.17) is 0 Å². The summed E-state index contributed by atoms with van der Waals surface area (Å²) in [5.41, 5.74) is 37.5. The summed E-state index contributed by atoms with van der Waals surface area (Å²) >= 11 is 0. The lowest BCUT2D eigenvalue weighted by molar-refractivity contribution is 0.568. The van der Waals surface area contributed by atoms with Crippen molar-refractivity contribution in [2.24, 2.45) is 0 Å². The lowest BCUT2D eigenvalue weighted by atomic mass is 9.74. The van der Waals surface area contributed by atoms with E-state index in [1.165, 1.54) is 94.6 Å². The smallest absolute Gasteiger partial charge is 0.0948 e. The Balaban J connectivity index is 1.14. The summed E-state index contributed by atoms with van der Waals surface area (Å²) in [5, 5.41) is 0. The Morgan fingerprint density at radius 1 is 0.215 bits per heavy atom. The maximum atomic E-state index is 2.75. The third-order valence-corrected chi connectivity index (χ3v) is 22.9. The molecule has 0 N–H and O–H groups in total. The quantitative estimate of drug-likeness (QED) is 0.143. The van der Waals surface area contributed by atoms with Gasteiger partial charge in [0.1, 0.15) is 0 Å². The molecule has 534 valence electrons. The first kappa shape index (κ1) is 70.6. The van der Waals surface area contributed by atoms with E-state index in [0.717, 1.165) is 91.0 Å². The van der Waals surface area contributed by atoms with Crippen LogP contribution in [0.2, 0.25) is 0 Å². The number of hydrogen-bond acceptors (Lipinski definition) is 3. The Labute approximate surface area is 638 Å². The molecule has 0 saturated carbocycles.